The molecular weight excluding hydrogens is 328 g/mol. The number of fused-ring (bicyclic) bond motifs is 1. The lowest BCUT2D eigenvalue weighted by Crippen LogP contribution is -2.24. The first-order valence-corrected chi connectivity index (χ1v) is 7.00. The number of ether oxygens (including phenoxy) is 1. The summed E-state index contributed by atoms with van der Waals surface area (Å²) in [4.78, 5) is 0. The Morgan fingerprint density at radius 2 is 1.90 bits per heavy atom. The predicted molar refractivity (Wildman–Crippen MR) is 75.4 cm³/mol. The molecule has 0 fully saturated rings. The topological polar surface area (TPSA) is 35.2 Å². The van der Waals surface area contributed by atoms with Crippen LogP contribution in [0.4, 0.5) is 8.78 Å². The van der Waals surface area contributed by atoms with Gasteiger partial charge in [0.2, 0.25) is 0 Å². The molecular formula is C15H12BrF2NO. The third-order valence-corrected chi connectivity index (χ3v) is 3.91. The molecule has 0 spiro atoms. The predicted octanol–water partition coefficient (Wildman–Crippen LogP) is 4.25. The van der Waals surface area contributed by atoms with Gasteiger partial charge in [-0.25, -0.2) is 8.78 Å². The number of benzene rings is 2. The molecule has 1 aliphatic heterocycles. The summed E-state index contributed by atoms with van der Waals surface area (Å²) in [6, 6.07) is 8.53. The molecule has 2 aromatic rings. The van der Waals surface area contributed by atoms with Crippen molar-refractivity contribution in [1.82, 2.24) is 0 Å². The largest absolute Gasteiger partial charge is 0.485 e. The van der Waals surface area contributed by atoms with Gasteiger partial charge in [0.25, 0.3) is 0 Å². The van der Waals surface area contributed by atoms with Gasteiger partial charge in [-0.1, -0.05) is 15.9 Å². The van der Waals surface area contributed by atoms with E-state index >= 15 is 0 Å². The summed E-state index contributed by atoms with van der Waals surface area (Å²) in [7, 11) is 0. The van der Waals surface area contributed by atoms with Crippen LogP contribution in [0.2, 0.25) is 0 Å². The molecule has 5 heteroatoms. The maximum Gasteiger partial charge on any atom is 0.130 e. The SMILES string of the molecule is N[C@@H]1CC(c2cc(Br)ccc2F)Oc2ccc(F)cc21. The smallest absolute Gasteiger partial charge is 0.130 e. The van der Waals surface area contributed by atoms with Crippen molar-refractivity contribution in [3.05, 3.63) is 63.6 Å². The Labute approximate surface area is 123 Å². The van der Waals surface area contributed by atoms with Crippen LogP contribution in [-0.2, 0) is 0 Å². The van der Waals surface area contributed by atoms with Gasteiger partial charge in [0, 0.05) is 28.1 Å². The Kier molecular flexibility index (Phi) is 3.48. The second-order valence-corrected chi connectivity index (χ2v) is 5.71. The molecule has 0 saturated carbocycles. The molecule has 2 nitrogen and oxygen atoms in total. The van der Waals surface area contributed by atoms with E-state index in [4.69, 9.17) is 10.5 Å². The lowest BCUT2D eigenvalue weighted by atomic mass is 9.93. The molecule has 2 N–H and O–H groups in total. The van der Waals surface area contributed by atoms with Gasteiger partial charge in [0.1, 0.15) is 23.5 Å². The maximum atomic E-state index is 13.9. The Balaban J connectivity index is 1.99. The standard InChI is InChI=1S/C15H12BrF2NO/c16-8-1-3-12(18)10(5-8)15-7-13(19)11-6-9(17)2-4-14(11)20-15/h1-6,13,15H,7,19H2/t13-,15?/m1/s1. The van der Waals surface area contributed by atoms with Crippen molar-refractivity contribution in [2.75, 3.05) is 0 Å². The van der Waals surface area contributed by atoms with Gasteiger partial charge in [-0.2, -0.15) is 0 Å². The highest BCUT2D eigenvalue weighted by Crippen LogP contribution is 2.40. The minimum atomic E-state index is -0.472. The van der Waals surface area contributed by atoms with Crippen LogP contribution in [-0.4, -0.2) is 0 Å². The van der Waals surface area contributed by atoms with Crippen LogP contribution in [0.15, 0.2) is 40.9 Å². The molecule has 0 radical (unpaired) electrons. The van der Waals surface area contributed by atoms with Crippen LogP contribution >= 0.6 is 15.9 Å². The van der Waals surface area contributed by atoms with E-state index in [1.807, 2.05) is 0 Å². The molecule has 2 atom stereocenters. The van der Waals surface area contributed by atoms with Crippen LogP contribution in [0.25, 0.3) is 0 Å². The summed E-state index contributed by atoms with van der Waals surface area (Å²) < 4.78 is 33.7. The second kappa shape index (κ2) is 5.14. The Morgan fingerprint density at radius 3 is 2.70 bits per heavy atom. The zero-order valence-corrected chi connectivity index (χ0v) is 12.0. The fourth-order valence-electron chi connectivity index (χ4n) is 2.43. The van der Waals surface area contributed by atoms with Crippen LogP contribution in [0.1, 0.15) is 29.7 Å². The zero-order valence-electron chi connectivity index (χ0n) is 10.4. The van der Waals surface area contributed by atoms with Crippen molar-refractivity contribution in [2.45, 2.75) is 18.6 Å². The van der Waals surface area contributed by atoms with Crippen LogP contribution in [0.5, 0.6) is 5.75 Å². The average molecular weight is 340 g/mol. The average Bonchev–Trinajstić information content (AvgIpc) is 2.42. The first-order chi connectivity index (χ1) is 9.54. The number of hydrogen-bond donors (Lipinski definition) is 1. The van der Waals surface area contributed by atoms with E-state index in [2.05, 4.69) is 15.9 Å². The summed E-state index contributed by atoms with van der Waals surface area (Å²) in [5, 5.41) is 0. The summed E-state index contributed by atoms with van der Waals surface area (Å²) in [6.45, 7) is 0. The molecule has 1 unspecified atom stereocenters. The molecule has 104 valence electrons. The van der Waals surface area contributed by atoms with Gasteiger partial charge in [0.15, 0.2) is 0 Å². The molecule has 0 amide bonds. The molecule has 2 aromatic carbocycles. The quantitative estimate of drug-likeness (QED) is 0.842. The van der Waals surface area contributed by atoms with E-state index in [-0.39, 0.29) is 17.7 Å². The monoisotopic (exact) mass is 339 g/mol. The first-order valence-electron chi connectivity index (χ1n) is 6.21. The molecule has 0 bridgehead atoms. The Morgan fingerprint density at radius 1 is 1.10 bits per heavy atom. The third kappa shape index (κ3) is 2.43. The van der Waals surface area contributed by atoms with Gasteiger partial charge in [-0.05, 0) is 36.4 Å². The van der Waals surface area contributed by atoms with Gasteiger partial charge < -0.3 is 10.5 Å². The molecule has 0 aliphatic carbocycles. The van der Waals surface area contributed by atoms with Crippen molar-refractivity contribution >= 4 is 15.9 Å². The molecule has 0 saturated heterocycles. The van der Waals surface area contributed by atoms with Gasteiger partial charge in [-0.15, -0.1) is 0 Å². The number of hydrogen-bond acceptors (Lipinski definition) is 2. The minimum Gasteiger partial charge on any atom is -0.485 e. The highest BCUT2D eigenvalue weighted by Gasteiger charge is 2.29. The van der Waals surface area contributed by atoms with Crippen LogP contribution in [0.3, 0.4) is 0 Å². The molecule has 1 heterocycles. The lowest BCUT2D eigenvalue weighted by Gasteiger charge is -2.30. The Bertz CT molecular complexity index is 662. The van der Waals surface area contributed by atoms with E-state index < -0.39 is 6.10 Å². The van der Waals surface area contributed by atoms with E-state index in [1.165, 1.54) is 24.3 Å². The van der Waals surface area contributed by atoms with Crippen LogP contribution in [0, 0.1) is 11.6 Å². The summed E-state index contributed by atoms with van der Waals surface area (Å²) in [5.74, 6) is -0.180. The second-order valence-electron chi connectivity index (χ2n) is 4.80. The van der Waals surface area contributed by atoms with Crippen molar-refractivity contribution < 1.29 is 13.5 Å². The van der Waals surface area contributed by atoms with Crippen molar-refractivity contribution in [3.63, 3.8) is 0 Å². The van der Waals surface area contributed by atoms with E-state index in [0.29, 0.717) is 23.3 Å². The van der Waals surface area contributed by atoms with Gasteiger partial charge >= 0.3 is 0 Å². The zero-order chi connectivity index (χ0) is 14.3. The molecule has 3 rings (SSSR count). The summed E-state index contributed by atoms with van der Waals surface area (Å²) in [6.07, 6.45) is -0.0652. The fourth-order valence-corrected chi connectivity index (χ4v) is 2.81. The summed E-state index contributed by atoms with van der Waals surface area (Å²) >= 11 is 3.32. The maximum absolute atomic E-state index is 13.9. The number of halogens is 3. The Hall–Kier alpha value is -1.46. The number of rotatable bonds is 1. The normalized spacial score (nSPS) is 21.2. The van der Waals surface area contributed by atoms with Crippen molar-refractivity contribution in [1.29, 1.82) is 0 Å². The highest BCUT2D eigenvalue weighted by atomic mass is 79.9. The molecule has 1 aliphatic rings. The van der Waals surface area contributed by atoms with Crippen molar-refractivity contribution in [3.8, 4) is 5.75 Å². The third-order valence-electron chi connectivity index (χ3n) is 3.41. The van der Waals surface area contributed by atoms with Gasteiger partial charge in [-0.3, -0.25) is 0 Å². The minimum absolute atomic E-state index is 0.337. The summed E-state index contributed by atoms with van der Waals surface area (Å²) in [5.41, 5.74) is 7.12. The first kappa shape index (κ1) is 13.5. The molecule has 0 aromatic heterocycles. The van der Waals surface area contributed by atoms with E-state index in [1.54, 1.807) is 12.1 Å². The molecule has 20 heavy (non-hydrogen) atoms. The lowest BCUT2D eigenvalue weighted by molar-refractivity contribution is 0.157. The van der Waals surface area contributed by atoms with Gasteiger partial charge in [0.05, 0.1) is 0 Å². The highest BCUT2D eigenvalue weighted by molar-refractivity contribution is 9.10. The number of nitrogens with two attached hydrogens (primary N) is 1. The van der Waals surface area contributed by atoms with Crippen molar-refractivity contribution in [2.24, 2.45) is 5.73 Å². The van der Waals surface area contributed by atoms with E-state index in [9.17, 15) is 8.78 Å². The van der Waals surface area contributed by atoms with Crippen LogP contribution < -0.4 is 10.5 Å². The fraction of sp³-hybridized carbons (Fsp3) is 0.200. The van der Waals surface area contributed by atoms with E-state index in [0.717, 1.165) is 4.47 Å².